The average Bonchev–Trinajstić information content (AvgIpc) is 3.65. The molecule has 0 saturated heterocycles. The van der Waals surface area contributed by atoms with Crippen molar-refractivity contribution in [2.45, 2.75) is 0 Å². The molecular formula is C54H35NS. The third kappa shape index (κ3) is 5.54. The van der Waals surface area contributed by atoms with Gasteiger partial charge in [0.1, 0.15) is 0 Å². The summed E-state index contributed by atoms with van der Waals surface area (Å²) in [7, 11) is 0. The van der Waals surface area contributed by atoms with Crippen LogP contribution in [0.25, 0.3) is 85.9 Å². The fourth-order valence-corrected chi connectivity index (χ4v) is 9.66. The van der Waals surface area contributed by atoms with Crippen molar-refractivity contribution in [2.75, 3.05) is 4.90 Å². The quantitative estimate of drug-likeness (QED) is 0.165. The number of benzene rings is 10. The Hall–Kier alpha value is -7.00. The number of nitrogens with zero attached hydrogens (tertiary/aromatic N) is 1. The fourth-order valence-electron chi connectivity index (χ4n) is 8.46. The predicted octanol–water partition coefficient (Wildman–Crippen LogP) is 16.0. The summed E-state index contributed by atoms with van der Waals surface area (Å²) in [4.78, 5) is 2.41. The van der Waals surface area contributed by atoms with Crippen molar-refractivity contribution in [3.63, 3.8) is 0 Å². The lowest BCUT2D eigenvalue weighted by Gasteiger charge is -2.26. The van der Waals surface area contributed by atoms with Gasteiger partial charge in [0.25, 0.3) is 0 Å². The zero-order chi connectivity index (χ0) is 37.0. The highest BCUT2D eigenvalue weighted by atomic mass is 32.1. The smallest absolute Gasteiger partial charge is 0.0468 e. The Bertz CT molecular complexity index is 3230. The van der Waals surface area contributed by atoms with Crippen molar-refractivity contribution in [1.82, 2.24) is 0 Å². The fraction of sp³-hybridized carbons (Fsp3) is 0. The molecule has 0 aliphatic rings. The summed E-state index contributed by atoms with van der Waals surface area (Å²) in [5, 5.41) is 10.1. The molecule has 0 spiro atoms. The summed E-state index contributed by atoms with van der Waals surface area (Å²) in [6.07, 6.45) is 0. The molecule has 10 aromatic carbocycles. The van der Waals surface area contributed by atoms with Gasteiger partial charge >= 0.3 is 0 Å². The van der Waals surface area contributed by atoms with E-state index in [9.17, 15) is 0 Å². The molecule has 0 radical (unpaired) electrons. The van der Waals surface area contributed by atoms with Crippen molar-refractivity contribution < 1.29 is 0 Å². The van der Waals surface area contributed by atoms with E-state index in [4.69, 9.17) is 0 Å². The van der Waals surface area contributed by atoms with E-state index in [1.807, 2.05) is 11.3 Å². The van der Waals surface area contributed by atoms with Crippen molar-refractivity contribution in [2.24, 2.45) is 0 Å². The first kappa shape index (κ1) is 32.4. The van der Waals surface area contributed by atoms with Crippen LogP contribution in [0.15, 0.2) is 212 Å². The molecule has 11 rings (SSSR count). The molecule has 1 heterocycles. The normalized spacial score (nSPS) is 11.6. The van der Waals surface area contributed by atoms with Crippen LogP contribution in [0.2, 0.25) is 0 Å². The minimum atomic E-state index is 1.12. The van der Waals surface area contributed by atoms with Crippen LogP contribution in [-0.2, 0) is 0 Å². The van der Waals surface area contributed by atoms with Crippen molar-refractivity contribution in [3.05, 3.63) is 212 Å². The van der Waals surface area contributed by atoms with Crippen LogP contribution in [0.3, 0.4) is 0 Å². The topological polar surface area (TPSA) is 3.24 Å². The third-order valence-corrected chi connectivity index (χ3v) is 12.5. The van der Waals surface area contributed by atoms with Gasteiger partial charge in [-0.25, -0.2) is 0 Å². The Balaban J connectivity index is 1.07. The van der Waals surface area contributed by atoms with Gasteiger partial charge in [-0.15, -0.1) is 11.3 Å². The van der Waals surface area contributed by atoms with Gasteiger partial charge in [-0.2, -0.15) is 0 Å². The first-order valence-electron chi connectivity index (χ1n) is 19.2. The second-order valence-corrected chi connectivity index (χ2v) is 15.6. The molecule has 1 aromatic heterocycles. The summed E-state index contributed by atoms with van der Waals surface area (Å²) in [5.41, 5.74) is 10.8. The second-order valence-electron chi connectivity index (χ2n) is 14.5. The number of thiophene rings is 1. The Morgan fingerprint density at radius 2 is 0.839 bits per heavy atom. The van der Waals surface area contributed by atoms with Crippen LogP contribution < -0.4 is 4.90 Å². The van der Waals surface area contributed by atoms with Crippen molar-refractivity contribution >= 4 is 80.9 Å². The molecule has 0 aliphatic carbocycles. The van der Waals surface area contributed by atoms with E-state index in [-0.39, 0.29) is 0 Å². The maximum Gasteiger partial charge on any atom is 0.0468 e. The maximum atomic E-state index is 2.44. The lowest BCUT2D eigenvalue weighted by molar-refractivity contribution is 1.30. The highest BCUT2D eigenvalue weighted by Crippen LogP contribution is 2.46. The van der Waals surface area contributed by atoms with E-state index < -0.39 is 0 Å². The summed E-state index contributed by atoms with van der Waals surface area (Å²) >= 11 is 1.89. The van der Waals surface area contributed by atoms with Gasteiger partial charge in [0, 0.05) is 42.6 Å². The molecule has 0 saturated carbocycles. The molecule has 1 nitrogen and oxygen atoms in total. The number of hydrogen-bond acceptors (Lipinski definition) is 2. The van der Waals surface area contributed by atoms with Gasteiger partial charge in [-0.3, -0.25) is 0 Å². The van der Waals surface area contributed by atoms with E-state index in [1.54, 1.807) is 0 Å². The molecule has 0 fully saturated rings. The van der Waals surface area contributed by atoms with Crippen LogP contribution in [0, 0.1) is 0 Å². The van der Waals surface area contributed by atoms with E-state index in [2.05, 4.69) is 217 Å². The Morgan fingerprint density at radius 3 is 1.61 bits per heavy atom. The first-order chi connectivity index (χ1) is 27.7. The maximum absolute atomic E-state index is 2.44. The average molecular weight is 730 g/mol. The van der Waals surface area contributed by atoms with Gasteiger partial charge < -0.3 is 4.90 Å². The monoisotopic (exact) mass is 729 g/mol. The third-order valence-electron chi connectivity index (χ3n) is 11.2. The molecule has 0 aliphatic heterocycles. The largest absolute Gasteiger partial charge is 0.310 e. The molecule has 262 valence electrons. The van der Waals surface area contributed by atoms with Crippen LogP contribution in [-0.4, -0.2) is 0 Å². The minimum absolute atomic E-state index is 1.12. The number of fused-ring (bicyclic) bond motifs is 7. The molecule has 2 heteroatoms. The SMILES string of the molecule is c1ccc(-c2ccc(-c3ccc(N(c4ccc5ccccc5c4)c4ccc5sc6c7ccccc7c(-c7cccc8ccccc78)cc6c5c4)cc3)cc2)cc1. The first-order valence-corrected chi connectivity index (χ1v) is 20.0. The highest BCUT2D eigenvalue weighted by Gasteiger charge is 2.19. The summed E-state index contributed by atoms with van der Waals surface area (Å²) in [6.45, 7) is 0. The second kappa shape index (κ2) is 13.4. The lowest BCUT2D eigenvalue weighted by Crippen LogP contribution is -2.09. The van der Waals surface area contributed by atoms with Crippen LogP contribution in [0.1, 0.15) is 0 Å². The summed E-state index contributed by atoms with van der Waals surface area (Å²) in [6, 6.07) is 77.7. The number of rotatable bonds is 6. The highest BCUT2D eigenvalue weighted by molar-refractivity contribution is 7.26. The van der Waals surface area contributed by atoms with E-state index in [0.717, 1.165) is 17.1 Å². The Kier molecular flexibility index (Phi) is 7.75. The van der Waals surface area contributed by atoms with Crippen molar-refractivity contribution in [3.8, 4) is 33.4 Å². The van der Waals surface area contributed by atoms with Crippen LogP contribution >= 0.6 is 11.3 Å². The predicted molar refractivity (Wildman–Crippen MR) is 243 cm³/mol. The van der Waals surface area contributed by atoms with E-state index >= 15 is 0 Å². The van der Waals surface area contributed by atoms with E-state index in [1.165, 1.54) is 85.9 Å². The summed E-state index contributed by atoms with van der Waals surface area (Å²) < 4.78 is 2.62. The molecule has 0 N–H and O–H groups in total. The standard InChI is InChI=1S/C54H35NS/c1-2-11-36(12-3-1)38-21-23-39(24-22-38)40-25-28-43(29-26-40)55(44-30-27-37-13-4-5-15-42(37)33-44)45-31-32-53-51(34-45)52-35-50(48-18-8-9-19-49(48)54(52)56-53)47-20-10-16-41-14-6-7-17-46(41)47/h1-35H. The molecule has 11 aromatic rings. The molecule has 56 heavy (non-hydrogen) atoms. The summed E-state index contributed by atoms with van der Waals surface area (Å²) in [5.74, 6) is 0. The van der Waals surface area contributed by atoms with Gasteiger partial charge in [-0.05, 0) is 109 Å². The molecule has 0 unspecified atom stereocenters. The Labute approximate surface area is 330 Å². The Morgan fingerprint density at radius 1 is 0.286 bits per heavy atom. The van der Waals surface area contributed by atoms with Gasteiger partial charge in [-0.1, -0.05) is 164 Å². The zero-order valence-electron chi connectivity index (χ0n) is 30.6. The number of anilines is 3. The van der Waals surface area contributed by atoms with Crippen LogP contribution in [0.4, 0.5) is 17.1 Å². The zero-order valence-corrected chi connectivity index (χ0v) is 31.4. The number of hydrogen-bond donors (Lipinski definition) is 0. The lowest BCUT2D eigenvalue weighted by atomic mass is 9.92. The van der Waals surface area contributed by atoms with Crippen LogP contribution in [0.5, 0.6) is 0 Å². The molecule has 0 atom stereocenters. The van der Waals surface area contributed by atoms with E-state index in [0.29, 0.717) is 0 Å². The van der Waals surface area contributed by atoms with Gasteiger partial charge in [0.05, 0.1) is 0 Å². The van der Waals surface area contributed by atoms with Gasteiger partial charge in [0.2, 0.25) is 0 Å². The molecule has 0 bridgehead atoms. The minimum Gasteiger partial charge on any atom is -0.310 e. The van der Waals surface area contributed by atoms with Gasteiger partial charge in [0.15, 0.2) is 0 Å². The molecule has 0 amide bonds. The molecular weight excluding hydrogens is 695 g/mol. The van der Waals surface area contributed by atoms with Crippen molar-refractivity contribution in [1.29, 1.82) is 0 Å².